The fraction of sp³-hybridized carbons (Fsp3) is 0.269. The maximum Gasteiger partial charge on any atom is 0.258 e. The third-order valence-corrected chi connectivity index (χ3v) is 7.23. The number of anilines is 2. The van der Waals surface area contributed by atoms with E-state index in [0.29, 0.717) is 34.9 Å². The smallest absolute Gasteiger partial charge is 0.258 e. The van der Waals surface area contributed by atoms with Crippen molar-refractivity contribution in [2.75, 3.05) is 16.8 Å². The molecule has 0 saturated carbocycles. The zero-order chi connectivity index (χ0) is 24.7. The van der Waals surface area contributed by atoms with Gasteiger partial charge in [0, 0.05) is 28.4 Å². The number of aryl methyl sites for hydroxylation is 2. The molecule has 3 aromatic rings. The van der Waals surface area contributed by atoms with Gasteiger partial charge in [0.25, 0.3) is 5.91 Å². The molecule has 35 heavy (non-hydrogen) atoms. The lowest BCUT2D eigenvalue weighted by molar-refractivity contribution is -0.120. The van der Waals surface area contributed by atoms with Gasteiger partial charge in [-0.25, -0.2) is 9.97 Å². The summed E-state index contributed by atoms with van der Waals surface area (Å²) < 4.78 is 0. The molecule has 1 aromatic heterocycles. The van der Waals surface area contributed by atoms with Crippen LogP contribution < -0.4 is 10.2 Å². The first-order chi connectivity index (χ1) is 16.7. The zero-order valence-electron chi connectivity index (χ0n) is 19.7. The fourth-order valence-electron chi connectivity index (χ4n) is 4.74. The van der Waals surface area contributed by atoms with Crippen molar-refractivity contribution in [3.05, 3.63) is 71.5 Å². The predicted octanol–water partition coefficient (Wildman–Crippen LogP) is 4.18. The van der Waals surface area contributed by atoms with Crippen LogP contribution >= 0.6 is 11.8 Å². The SMILES string of the molecule is Cc1cc(C)nc(Sc2ccc(NC(=O)CN3C(=O)c4ccccc4N4C(=O)CCC34C)cc2)n1. The predicted molar refractivity (Wildman–Crippen MR) is 133 cm³/mol. The van der Waals surface area contributed by atoms with Crippen LogP contribution in [0.5, 0.6) is 0 Å². The summed E-state index contributed by atoms with van der Waals surface area (Å²) in [7, 11) is 0. The van der Waals surface area contributed by atoms with Crippen molar-refractivity contribution in [2.45, 2.75) is 49.3 Å². The number of hydrogen-bond donors (Lipinski definition) is 1. The number of amides is 3. The number of para-hydroxylation sites is 1. The maximum atomic E-state index is 13.3. The summed E-state index contributed by atoms with van der Waals surface area (Å²) in [4.78, 5) is 52.0. The van der Waals surface area contributed by atoms with E-state index in [1.54, 1.807) is 23.1 Å². The highest BCUT2D eigenvalue weighted by Gasteiger charge is 2.53. The molecule has 1 unspecified atom stereocenters. The molecular formula is C26H25N5O3S. The van der Waals surface area contributed by atoms with Gasteiger partial charge in [0.2, 0.25) is 11.8 Å². The molecule has 3 amide bonds. The van der Waals surface area contributed by atoms with Crippen LogP contribution in [-0.4, -0.2) is 44.8 Å². The Morgan fingerprint density at radius 1 is 1.06 bits per heavy atom. The van der Waals surface area contributed by atoms with E-state index >= 15 is 0 Å². The third kappa shape index (κ3) is 4.27. The number of fused-ring (bicyclic) bond motifs is 3. The molecule has 178 valence electrons. The van der Waals surface area contributed by atoms with Crippen LogP contribution in [-0.2, 0) is 9.59 Å². The third-order valence-electron chi connectivity index (χ3n) is 6.36. The van der Waals surface area contributed by atoms with Crippen LogP contribution in [0, 0.1) is 13.8 Å². The number of carbonyl (C=O) groups is 3. The van der Waals surface area contributed by atoms with Crippen LogP contribution in [0.1, 0.15) is 41.5 Å². The van der Waals surface area contributed by atoms with Gasteiger partial charge in [-0.2, -0.15) is 0 Å². The van der Waals surface area contributed by atoms with Gasteiger partial charge in [-0.15, -0.1) is 0 Å². The fourth-order valence-corrected chi connectivity index (χ4v) is 5.60. The minimum absolute atomic E-state index is 0.0428. The Kier molecular flexibility index (Phi) is 5.80. The Labute approximate surface area is 207 Å². The molecule has 0 bridgehead atoms. The monoisotopic (exact) mass is 487 g/mol. The van der Waals surface area contributed by atoms with E-state index in [1.165, 1.54) is 16.7 Å². The van der Waals surface area contributed by atoms with Crippen molar-refractivity contribution in [1.82, 2.24) is 14.9 Å². The lowest BCUT2D eigenvalue weighted by Crippen LogP contribution is -2.63. The van der Waals surface area contributed by atoms with E-state index in [9.17, 15) is 14.4 Å². The van der Waals surface area contributed by atoms with Crippen LogP contribution in [0.4, 0.5) is 11.4 Å². The lowest BCUT2D eigenvalue weighted by atomic mass is 9.98. The first-order valence-corrected chi connectivity index (χ1v) is 12.2. The van der Waals surface area contributed by atoms with Gasteiger partial charge in [0.1, 0.15) is 12.2 Å². The highest BCUT2D eigenvalue weighted by molar-refractivity contribution is 7.99. The summed E-state index contributed by atoms with van der Waals surface area (Å²) in [5, 5.41) is 3.55. The summed E-state index contributed by atoms with van der Waals surface area (Å²) in [5.74, 6) is -0.612. The lowest BCUT2D eigenvalue weighted by Gasteiger charge is -2.48. The van der Waals surface area contributed by atoms with Crippen LogP contribution in [0.25, 0.3) is 0 Å². The number of benzene rings is 2. The average molecular weight is 488 g/mol. The van der Waals surface area contributed by atoms with E-state index in [-0.39, 0.29) is 24.3 Å². The molecule has 0 spiro atoms. The molecule has 0 radical (unpaired) electrons. The minimum atomic E-state index is -0.869. The van der Waals surface area contributed by atoms with E-state index in [0.717, 1.165) is 16.3 Å². The van der Waals surface area contributed by atoms with Crippen molar-refractivity contribution in [3.63, 3.8) is 0 Å². The van der Waals surface area contributed by atoms with Crippen molar-refractivity contribution < 1.29 is 14.4 Å². The number of carbonyl (C=O) groups excluding carboxylic acids is 3. The molecule has 1 saturated heterocycles. The highest BCUT2D eigenvalue weighted by Crippen LogP contribution is 2.43. The Balaban J connectivity index is 1.30. The van der Waals surface area contributed by atoms with Gasteiger partial charge < -0.3 is 10.2 Å². The number of nitrogens with one attached hydrogen (secondary N) is 1. The molecule has 2 aliphatic rings. The second kappa shape index (κ2) is 8.81. The topological polar surface area (TPSA) is 95.5 Å². The van der Waals surface area contributed by atoms with Crippen LogP contribution in [0.15, 0.2) is 64.6 Å². The standard InChI is InChI=1S/C26H25N5O3S/c1-16-14-17(2)28-25(27-16)35-19-10-8-18(9-11-19)29-22(32)15-30-24(34)20-6-4-5-7-21(20)31-23(33)12-13-26(30,31)3/h4-11,14H,12-13,15H2,1-3H3,(H,29,32). The van der Waals surface area contributed by atoms with Gasteiger partial charge in [-0.05, 0) is 81.4 Å². The summed E-state index contributed by atoms with van der Waals surface area (Å²) in [6.45, 7) is 5.56. The van der Waals surface area contributed by atoms with Crippen molar-refractivity contribution >= 4 is 40.9 Å². The molecule has 9 heteroatoms. The summed E-state index contributed by atoms with van der Waals surface area (Å²) >= 11 is 1.45. The van der Waals surface area contributed by atoms with Gasteiger partial charge in [-0.1, -0.05) is 12.1 Å². The summed E-state index contributed by atoms with van der Waals surface area (Å²) in [5.41, 5.74) is 2.62. The molecule has 1 N–H and O–H groups in total. The summed E-state index contributed by atoms with van der Waals surface area (Å²) in [6.07, 6.45) is 0.811. The number of rotatable bonds is 5. The average Bonchev–Trinajstić information content (AvgIpc) is 3.12. The number of aromatic nitrogens is 2. The minimum Gasteiger partial charge on any atom is -0.325 e. The highest BCUT2D eigenvalue weighted by atomic mass is 32.2. The normalized spacial score (nSPS) is 18.9. The second-order valence-corrected chi connectivity index (χ2v) is 10.0. The number of hydrogen-bond acceptors (Lipinski definition) is 6. The molecule has 5 rings (SSSR count). The van der Waals surface area contributed by atoms with Crippen molar-refractivity contribution in [3.8, 4) is 0 Å². The van der Waals surface area contributed by atoms with Crippen molar-refractivity contribution in [2.24, 2.45) is 0 Å². The van der Waals surface area contributed by atoms with Crippen molar-refractivity contribution in [1.29, 1.82) is 0 Å². The molecule has 1 fully saturated rings. The second-order valence-electron chi connectivity index (χ2n) is 8.96. The zero-order valence-corrected chi connectivity index (χ0v) is 20.6. The quantitative estimate of drug-likeness (QED) is 0.543. The Morgan fingerprint density at radius 3 is 2.46 bits per heavy atom. The molecule has 2 aliphatic heterocycles. The van der Waals surface area contributed by atoms with E-state index < -0.39 is 5.66 Å². The van der Waals surface area contributed by atoms with Gasteiger partial charge in [-0.3, -0.25) is 19.3 Å². The number of nitrogens with zero attached hydrogens (tertiary/aromatic N) is 4. The molecule has 2 aromatic carbocycles. The van der Waals surface area contributed by atoms with E-state index in [1.807, 2.05) is 57.2 Å². The summed E-state index contributed by atoms with van der Waals surface area (Å²) in [6, 6.07) is 16.4. The van der Waals surface area contributed by atoms with E-state index in [4.69, 9.17) is 0 Å². The van der Waals surface area contributed by atoms with Gasteiger partial charge >= 0.3 is 0 Å². The Bertz CT molecular complexity index is 1320. The maximum absolute atomic E-state index is 13.3. The molecule has 1 atom stereocenters. The largest absolute Gasteiger partial charge is 0.325 e. The molecule has 3 heterocycles. The van der Waals surface area contributed by atoms with Crippen LogP contribution in [0.3, 0.4) is 0 Å². The van der Waals surface area contributed by atoms with Gasteiger partial charge in [0.15, 0.2) is 5.16 Å². The first kappa shape index (κ1) is 23.0. The first-order valence-electron chi connectivity index (χ1n) is 11.4. The molecule has 0 aliphatic carbocycles. The van der Waals surface area contributed by atoms with Gasteiger partial charge in [0.05, 0.1) is 11.3 Å². The Morgan fingerprint density at radius 2 is 1.74 bits per heavy atom. The molecular weight excluding hydrogens is 462 g/mol. The Hall–Kier alpha value is -3.72. The van der Waals surface area contributed by atoms with Crippen LogP contribution in [0.2, 0.25) is 0 Å². The molecule has 8 nitrogen and oxygen atoms in total. The van der Waals surface area contributed by atoms with E-state index in [2.05, 4.69) is 15.3 Å².